The summed E-state index contributed by atoms with van der Waals surface area (Å²) < 4.78 is 0. The molecule has 17 heavy (non-hydrogen) atoms. The molecule has 0 radical (unpaired) electrons. The highest BCUT2D eigenvalue weighted by molar-refractivity contribution is 6.31. The number of aryl methyl sites for hydroxylation is 1. The van der Waals surface area contributed by atoms with Crippen molar-refractivity contribution in [3.05, 3.63) is 28.8 Å². The molecule has 94 valence electrons. The number of nitrogens with zero attached hydrogens (tertiary/aromatic N) is 1. The van der Waals surface area contributed by atoms with Gasteiger partial charge in [0.2, 0.25) is 5.91 Å². The van der Waals surface area contributed by atoms with Crippen LogP contribution in [0.2, 0.25) is 5.02 Å². The Morgan fingerprint density at radius 3 is 2.71 bits per heavy atom. The molecule has 0 saturated carbocycles. The topological polar surface area (TPSA) is 46.3 Å². The quantitative estimate of drug-likeness (QED) is 0.898. The van der Waals surface area contributed by atoms with Gasteiger partial charge in [0, 0.05) is 17.8 Å². The molecular formula is C13H19ClN2O. The Morgan fingerprint density at radius 2 is 2.18 bits per heavy atom. The molecule has 4 heteroatoms. The molecule has 0 fully saturated rings. The number of rotatable bonds is 4. The smallest absolute Gasteiger partial charge is 0.243 e. The van der Waals surface area contributed by atoms with E-state index in [1.165, 1.54) is 0 Å². The van der Waals surface area contributed by atoms with Gasteiger partial charge in [-0.15, -0.1) is 0 Å². The second-order valence-corrected chi connectivity index (χ2v) is 4.63. The van der Waals surface area contributed by atoms with Crippen LogP contribution in [0.25, 0.3) is 0 Å². The predicted molar refractivity (Wildman–Crippen MR) is 72.5 cm³/mol. The fraction of sp³-hybridized carbons (Fsp3) is 0.462. The Balaban J connectivity index is 2.85. The summed E-state index contributed by atoms with van der Waals surface area (Å²) in [7, 11) is 1.72. The van der Waals surface area contributed by atoms with Crippen LogP contribution >= 0.6 is 11.6 Å². The summed E-state index contributed by atoms with van der Waals surface area (Å²) in [6, 6.07) is 5.11. The fourth-order valence-electron chi connectivity index (χ4n) is 1.60. The van der Waals surface area contributed by atoms with Crippen LogP contribution in [0.1, 0.15) is 25.3 Å². The lowest BCUT2D eigenvalue weighted by Gasteiger charge is -2.21. The fourth-order valence-corrected chi connectivity index (χ4v) is 1.78. The minimum atomic E-state index is -0.440. The van der Waals surface area contributed by atoms with Crippen LogP contribution in [-0.4, -0.2) is 19.0 Å². The van der Waals surface area contributed by atoms with Gasteiger partial charge in [0.25, 0.3) is 0 Å². The molecular weight excluding hydrogens is 236 g/mol. The van der Waals surface area contributed by atoms with Crippen molar-refractivity contribution < 1.29 is 4.79 Å². The summed E-state index contributed by atoms with van der Waals surface area (Å²) in [5, 5.41) is 0.659. The third kappa shape index (κ3) is 3.45. The third-order valence-corrected chi connectivity index (χ3v) is 3.20. The maximum Gasteiger partial charge on any atom is 0.243 e. The second kappa shape index (κ2) is 6.03. The number of nitrogens with two attached hydrogens (primary N) is 1. The highest BCUT2D eigenvalue weighted by Gasteiger charge is 2.18. The molecule has 0 spiro atoms. The maximum atomic E-state index is 12.0. The van der Waals surface area contributed by atoms with Gasteiger partial charge in [-0.25, -0.2) is 0 Å². The van der Waals surface area contributed by atoms with Gasteiger partial charge in [0.05, 0.1) is 6.04 Å². The summed E-state index contributed by atoms with van der Waals surface area (Å²) in [4.78, 5) is 13.5. The van der Waals surface area contributed by atoms with E-state index in [0.29, 0.717) is 11.4 Å². The van der Waals surface area contributed by atoms with Crippen molar-refractivity contribution in [1.82, 2.24) is 0 Å². The minimum absolute atomic E-state index is 0.0771. The first-order chi connectivity index (χ1) is 7.97. The van der Waals surface area contributed by atoms with Crippen LogP contribution < -0.4 is 10.6 Å². The lowest BCUT2D eigenvalue weighted by atomic mass is 10.1. The van der Waals surface area contributed by atoms with Gasteiger partial charge in [-0.05, 0) is 31.0 Å². The highest BCUT2D eigenvalue weighted by Crippen LogP contribution is 2.22. The molecule has 0 aliphatic heterocycles. The lowest BCUT2D eigenvalue weighted by molar-refractivity contribution is -0.119. The molecule has 0 aromatic heterocycles. The van der Waals surface area contributed by atoms with Crippen LogP contribution in [0.3, 0.4) is 0 Å². The number of benzene rings is 1. The minimum Gasteiger partial charge on any atom is -0.320 e. The van der Waals surface area contributed by atoms with Crippen LogP contribution in [0.15, 0.2) is 18.2 Å². The predicted octanol–water partition coefficient (Wildman–Crippen LogP) is 2.74. The van der Waals surface area contributed by atoms with Crippen molar-refractivity contribution >= 4 is 23.2 Å². The van der Waals surface area contributed by atoms with E-state index in [2.05, 4.69) is 0 Å². The standard InChI is InChI=1S/C13H19ClN2O/c1-4-5-12(15)13(17)16(3)10-7-6-9(2)11(14)8-10/h6-8,12H,4-5,15H2,1-3H3. The molecule has 1 atom stereocenters. The van der Waals surface area contributed by atoms with Gasteiger partial charge in [0.1, 0.15) is 0 Å². The number of amides is 1. The molecule has 0 aliphatic carbocycles. The molecule has 0 aliphatic rings. The van der Waals surface area contributed by atoms with Crippen molar-refractivity contribution in [3.63, 3.8) is 0 Å². The normalized spacial score (nSPS) is 12.3. The van der Waals surface area contributed by atoms with Crippen molar-refractivity contribution in [2.24, 2.45) is 5.73 Å². The largest absolute Gasteiger partial charge is 0.320 e. The molecule has 2 N–H and O–H groups in total. The Bertz CT molecular complexity index is 406. The molecule has 1 aromatic rings. The van der Waals surface area contributed by atoms with Crippen molar-refractivity contribution in [3.8, 4) is 0 Å². The molecule has 1 amide bonds. The number of anilines is 1. The van der Waals surface area contributed by atoms with E-state index in [9.17, 15) is 4.79 Å². The van der Waals surface area contributed by atoms with E-state index in [1.54, 1.807) is 18.0 Å². The van der Waals surface area contributed by atoms with Gasteiger partial charge in [-0.3, -0.25) is 4.79 Å². The number of carbonyl (C=O) groups excluding carboxylic acids is 1. The lowest BCUT2D eigenvalue weighted by Crippen LogP contribution is -2.41. The molecule has 0 heterocycles. The number of likely N-dealkylation sites (N-methyl/N-ethyl adjacent to an activating group) is 1. The number of hydrogen-bond acceptors (Lipinski definition) is 2. The van der Waals surface area contributed by atoms with Crippen LogP contribution in [0.5, 0.6) is 0 Å². The molecule has 1 unspecified atom stereocenters. The summed E-state index contributed by atoms with van der Waals surface area (Å²) in [5.41, 5.74) is 7.58. The Labute approximate surface area is 108 Å². The number of halogens is 1. The van der Waals surface area contributed by atoms with E-state index in [-0.39, 0.29) is 5.91 Å². The molecule has 0 saturated heterocycles. The zero-order valence-corrected chi connectivity index (χ0v) is 11.3. The first kappa shape index (κ1) is 14.0. The number of carbonyl (C=O) groups is 1. The van der Waals surface area contributed by atoms with Crippen LogP contribution in [0.4, 0.5) is 5.69 Å². The molecule has 1 aromatic carbocycles. The first-order valence-corrected chi connectivity index (χ1v) is 6.14. The van der Waals surface area contributed by atoms with Crippen molar-refractivity contribution in [2.75, 3.05) is 11.9 Å². The molecule has 1 rings (SSSR count). The maximum absolute atomic E-state index is 12.0. The van der Waals surface area contributed by atoms with E-state index < -0.39 is 6.04 Å². The monoisotopic (exact) mass is 254 g/mol. The second-order valence-electron chi connectivity index (χ2n) is 4.23. The highest BCUT2D eigenvalue weighted by atomic mass is 35.5. The van der Waals surface area contributed by atoms with Crippen LogP contribution in [0, 0.1) is 6.92 Å². The van der Waals surface area contributed by atoms with Gasteiger partial charge < -0.3 is 10.6 Å². The molecule has 0 bridgehead atoms. The Morgan fingerprint density at radius 1 is 1.53 bits per heavy atom. The van der Waals surface area contributed by atoms with E-state index in [1.807, 2.05) is 26.0 Å². The Kier molecular flexibility index (Phi) is 4.97. The SMILES string of the molecule is CCCC(N)C(=O)N(C)c1ccc(C)c(Cl)c1. The third-order valence-electron chi connectivity index (χ3n) is 2.79. The summed E-state index contributed by atoms with van der Waals surface area (Å²) in [6.45, 7) is 3.94. The summed E-state index contributed by atoms with van der Waals surface area (Å²) in [6.07, 6.45) is 1.60. The Hall–Kier alpha value is -1.06. The first-order valence-electron chi connectivity index (χ1n) is 5.76. The van der Waals surface area contributed by atoms with Crippen molar-refractivity contribution in [2.45, 2.75) is 32.7 Å². The molecule has 3 nitrogen and oxygen atoms in total. The average molecular weight is 255 g/mol. The van der Waals surface area contributed by atoms with Gasteiger partial charge >= 0.3 is 0 Å². The van der Waals surface area contributed by atoms with Gasteiger partial charge in [0.15, 0.2) is 0 Å². The van der Waals surface area contributed by atoms with E-state index >= 15 is 0 Å². The van der Waals surface area contributed by atoms with Crippen molar-refractivity contribution in [1.29, 1.82) is 0 Å². The summed E-state index contributed by atoms with van der Waals surface area (Å²) >= 11 is 6.03. The number of hydrogen-bond donors (Lipinski definition) is 1. The zero-order valence-electron chi connectivity index (χ0n) is 10.5. The zero-order chi connectivity index (χ0) is 13.0. The van der Waals surface area contributed by atoms with Gasteiger partial charge in [-0.2, -0.15) is 0 Å². The summed E-state index contributed by atoms with van der Waals surface area (Å²) in [5.74, 6) is -0.0771. The average Bonchev–Trinajstić information content (AvgIpc) is 2.31. The van der Waals surface area contributed by atoms with Gasteiger partial charge in [-0.1, -0.05) is 31.0 Å². The van der Waals surface area contributed by atoms with Crippen LogP contribution in [-0.2, 0) is 4.79 Å². The van der Waals surface area contributed by atoms with E-state index in [0.717, 1.165) is 17.7 Å². The van der Waals surface area contributed by atoms with E-state index in [4.69, 9.17) is 17.3 Å².